The van der Waals surface area contributed by atoms with E-state index in [1.165, 1.54) is 0 Å². The molecule has 0 saturated heterocycles. The average Bonchev–Trinajstić information content (AvgIpc) is 3.27. The lowest BCUT2D eigenvalue weighted by atomic mass is 9.92. The summed E-state index contributed by atoms with van der Waals surface area (Å²) in [6.07, 6.45) is 0.627. The molecule has 2 aromatic carbocycles. The van der Waals surface area contributed by atoms with Crippen molar-refractivity contribution in [2.45, 2.75) is 45.4 Å². The quantitative estimate of drug-likeness (QED) is 0.394. The first-order chi connectivity index (χ1) is 17.2. The van der Waals surface area contributed by atoms with Crippen molar-refractivity contribution in [3.63, 3.8) is 0 Å². The molecular weight excluding hydrogens is 476 g/mol. The number of hydrogen-bond acceptors (Lipinski definition) is 4. The predicted octanol–water partition coefficient (Wildman–Crippen LogP) is 5.43. The Morgan fingerprint density at radius 1 is 1.11 bits per heavy atom. The molecule has 1 N–H and O–H groups in total. The smallest absolute Gasteiger partial charge is 0.245 e. The molecule has 3 rings (SSSR count). The Balaban J connectivity index is 1.87. The van der Waals surface area contributed by atoms with Crippen LogP contribution in [0.1, 0.15) is 51.3 Å². The molecule has 8 heteroatoms. The standard InChI is InChI=1S/C28H35ClN4O3/c1-6-21(20-12-8-7-9-13-20)27(35)32(16-17-36-5)19-26(34)30-25-18-24(28(2,3)4)31-33(25)23-15-11-10-14-22(23)29/h7-15,18,21H,6,16-17,19H2,1-5H3,(H,30,34). The van der Waals surface area contributed by atoms with Gasteiger partial charge in [0.05, 0.1) is 28.9 Å². The summed E-state index contributed by atoms with van der Waals surface area (Å²) in [4.78, 5) is 28.3. The Morgan fingerprint density at radius 3 is 2.39 bits per heavy atom. The van der Waals surface area contributed by atoms with Crippen molar-refractivity contribution in [1.29, 1.82) is 0 Å². The molecular formula is C28H35ClN4O3. The number of benzene rings is 2. The highest BCUT2D eigenvalue weighted by Crippen LogP contribution is 2.29. The third-order valence-corrected chi connectivity index (χ3v) is 6.27. The number of ether oxygens (including phenoxy) is 1. The molecule has 7 nitrogen and oxygen atoms in total. The number of nitrogens with zero attached hydrogens (tertiary/aromatic N) is 3. The summed E-state index contributed by atoms with van der Waals surface area (Å²) >= 11 is 6.44. The van der Waals surface area contributed by atoms with Crippen molar-refractivity contribution in [2.24, 2.45) is 0 Å². The van der Waals surface area contributed by atoms with Gasteiger partial charge in [-0.3, -0.25) is 9.59 Å². The van der Waals surface area contributed by atoms with Gasteiger partial charge in [0, 0.05) is 25.1 Å². The van der Waals surface area contributed by atoms with E-state index < -0.39 is 0 Å². The van der Waals surface area contributed by atoms with E-state index in [1.807, 2.05) is 61.5 Å². The zero-order chi connectivity index (χ0) is 26.3. The van der Waals surface area contributed by atoms with Crippen LogP contribution in [0.3, 0.4) is 0 Å². The Kier molecular flexibility index (Phi) is 9.29. The van der Waals surface area contributed by atoms with E-state index in [0.717, 1.165) is 11.3 Å². The molecule has 0 aliphatic heterocycles. The maximum absolute atomic E-state index is 13.5. The molecule has 0 saturated carbocycles. The molecule has 0 bridgehead atoms. The van der Waals surface area contributed by atoms with Gasteiger partial charge in [-0.15, -0.1) is 0 Å². The first-order valence-corrected chi connectivity index (χ1v) is 12.5. The van der Waals surface area contributed by atoms with Crippen LogP contribution in [-0.4, -0.2) is 53.3 Å². The number of amides is 2. The van der Waals surface area contributed by atoms with Crippen LogP contribution < -0.4 is 5.32 Å². The molecule has 0 fully saturated rings. The maximum atomic E-state index is 13.5. The minimum absolute atomic E-state index is 0.106. The summed E-state index contributed by atoms with van der Waals surface area (Å²) in [5.41, 5.74) is 2.16. The van der Waals surface area contributed by atoms with Crippen molar-refractivity contribution >= 4 is 29.2 Å². The second-order valence-corrected chi connectivity index (χ2v) is 10.1. The van der Waals surface area contributed by atoms with E-state index >= 15 is 0 Å². The van der Waals surface area contributed by atoms with E-state index in [2.05, 4.69) is 26.1 Å². The third kappa shape index (κ3) is 6.74. The Morgan fingerprint density at radius 2 is 1.78 bits per heavy atom. The second-order valence-electron chi connectivity index (χ2n) is 9.70. The average molecular weight is 511 g/mol. The van der Waals surface area contributed by atoms with E-state index in [1.54, 1.807) is 22.8 Å². The summed E-state index contributed by atoms with van der Waals surface area (Å²) in [5, 5.41) is 8.20. The summed E-state index contributed by atoms with van der Waals surface area (Å²) in [6, 6.07) is 18.8. The number of carbonyl (C=O) groups excluding carboxylic acids is 2. The van der Waals surface area contributed by atoms with Gasteiger partial charge in [-0.1, -0.05) is 81.8 Å². The van der Waals surface area contributed by atoms with Crippen molar-refractivity contribution in [3.05, 3.63) is 76.9 Å². The summed E-state index contributed by atoms with van der Waals surface area (Å²) < 4.78 is 6.86. The molecule has 1 unspecified atom stereocenters. The van der Waals surface area contributed by atoms with E-state index in [0.29, 0.717) is 36.1 Å². The van der Waals surface area contributed by atoms with Gasteiger partial charge >= 0.3 is 0 Å². The lowest BCUT2D eigenvalue weighted by Gasteiger charge is -2.26. The fourth-order valence-electron chi connectivity index (χ4n) is 3.93. The zero-order valence-corrected chi connectivity index (χ0v) is 22.4. The van der Waals surface area contributed by atoms with Crippen LogP contribution in [0, 0.1) is 0 Å². The van der Waals surface area contributed by atoms with Crippen LogP contribution in [0.25, 0.3) is 5.69 Å². The van der Waals surface area contributed by atoms with E-state index in [9.17, 15) is 9.59 Å². The summed E-state index contributed by atoms with van der Waals surface area (Å²) in [7, 11) is 1.58. The number of rotatable bonds is 10. The number of nitrogens with one attached hydrogen (secondary N) is 1. The SMILES string of the molecule is CCC(C(=O)N(CCOC)CC(=O)Nc1cc(C(C)(C)C)nn1-c1ccccc1Cl)c1ccccc1. The molecule has 0 spiro atoms. The molecule has 0 aliphatic carbocycles. The molecule has 0 aliphatic rings. The minimum Gasteiger partial charge on any atom is -0.383 e. The molecule has 1 heterocycles. The van der Waals surface area contributed by atoms with Gasteiger partial charge in [-0.25, -0.2) is 4.68 Å². The first-order valence-electron chi connectivity index (χ1n) is 12.1. The van der Waals surface area contributed by atoms with Crippen LogP contribution in [0.2, 0.25) is 5.02 Å². The van der Waals surface area contributed by atoms with Gasteiger partial charge in [-0.05, 0) is 24.1 Å². The van der Waals surface area contributed by atoms with Crippen molar-refractivity contribution in [3.8, 4) is 5.69 Å². The fraction of sp³-hybridized carbons (Fsp3) is 0.393. The number of methoxy groups -OCH3 is 1. The highest BCUT2D eigenvalue weighted by Gasteiger charge is 2.27. The van der Waals surface area contributed by atoms with E-state index in [-0.39, 0.29) is 29.7 Å². The number of para-hydroxylation sites is 1. The van der Waals surface area contributed by atoms with Crippen LogP contribution in [0.4, 0.5) is 5.82 Å². The lowest BCUT2D eigenvalue weighted by molar-refractivity contribution is -0.136. The number of hydrogen-bond donors (Lipinski definition) is 1. The third-order valence-electron chi connectivity index (χ3n) is 5.95. The first kappa shape index (κ1) is 27.4. The Labute approximate surface area is 218 Å². The maximum Gasteiger partial charge on any atom is 0.245 e. The van der Waals surface area contributed by atoms with E-state index in [4.69, 9.17) is 21.4 Å². The molecule has 3 aromatic rings. The summed E-state index contributed by atoms with van der Waals surface area (Å²) in [5.74, 6) is -0.272. The second kappa shape index (κ2) is 12.2. The monoisotopic (exact) mass is 510 g/mol. The zero-order valence-electron chi connectivity index (χ0n) is 21.6. The highest BCUT2D eigenvalue weighted by atomic mass is 35.5. The number of anilines is 1. The van der Waals surface area contributed by atoms with Crippen molar-refractivity contribution in [1.82, 2.24) is 14.7 Å². The number of halogens is 1. The molecule has 0 radical (unpaired) electrons. The number of carbonyl (C=O) groups is 2. The molecule has 1 atom stereocenters. The molecule has 192 valence electrons. The Hall–Kier alpha value is -3.16. The lowest BCUT2D eigenvalue weighted by Crippen LogP contribution is -2.42. The van der Waals surface area contributed by atoms with Crippen molar-refractivity contribution < 1.29 is 14.3 Å². The molecule has 1 aromatic heterocycles. The number of aromatic nitrogens is 2. The van der Waals surface area contributed by atoms with Crippen molar-refractivity contribution in [2.75, 3.05) is 32.1 Å². The highest BCUT2D eigenvalue weighted by molar-refractivity contribution is 6.32. The van der Waals surface area contributed by atoms with Crippen LogP contribution in [-0.2, 0) is 19.7 Å². The predicted molar refractivity (Wildman–Crippen MR) is 144 cm³/mol. The van der Waals surface area contributed by atoms with Crippen LogP contribution >= 0.6 is 11.6 Å². The van der Waals surface area contributed by atoms with Gasteiger partial charge in [0.1, 0.15) is 12.4 Å². The van der Waals surface area contributed by atoms with Gasteiger partial charge in [0.15, 0.2) is 0 Å². The van der Waals surface area contributed by atoms with Crippen LogP contribution in [0.15, 0.2) is 60.7 Å². The normalized spacial score (nSPS) is 12.3. The Bertz CT molecular complexity index is 1170. The van der Waals surface area contributed by atoms with Crippen LogP contribution in [0.5, 0.6) is 0 Å². The molecule has 36 heavy (non-hydrogen) atoms. The topological polar surface area (TPSA) is 76.5 Å². The van der Waals surface area contributed by atoms with Gasteiger partial charge in [0.2, 0.25) is 11.8 Å². The van der Waals surface area contributed by atoms with Gasteiger partial charge in [-0.2, -0.15) is 5.10 Å². The van der Waals surface area contributed by atoms with Gasteiger partial charge in [0.25, 0.3) is 0 Å². The van der Waals surface area contributed by atoms with Gasteiger partial charge < -0.3 is 15.0 Å². The fourth-order valence-corrected chi connectivity index (χ4v) is 4.14. The summed E-state index contributed by atoms with van der Waals surface area (Å²) in [6.45, 7) is 8.66. The largest absolute Gasteiger partial charge is 0.383 e. The minimum atomic E-state index is -0.336. The molecule has 2 amide bonds.